The molecule has 8 nitrogen and oxygen atoms in total. The molecule has 0 aromatic heterocycles. The lowest BCUT2D eigenvalue weighted by molar-refractivity contribution is -0.140. The van der Waals surface area contributed by atoms with Crippen molar-refractivity contribution >= 4 is 18.0 Å². The standard InChI is InChI=1S/C26H32N2O6/c1-3-17(12-13-24(29)27-15-18(33-2)14-25(30)31)28-26(32)34-16-23-21-10-6-4-8-19(21)20-9-5-7-11-22(20)23/h4-11,17-18,23H,3,12-16H2,1-2H3,(H,27,29)(H,28,32)(H,30,31). The predicted molar refractivity (Wildman–Crippen MR) is 128 cm³/mol. The molecule has 0 heterocycles. The minimum absolute atomic E-state index is 0.0106. The van der Waals surface area contributed by atoms with Crippen LogP contribution in [0.25, 0.3) is 11.1 Å². The van der Waals surface area contributed by atoms with Gasteiger partial charge in [0.25, 0.3) is 0 Å². The van der Waals surface area contributed by atoms with Crippen molar-refractivity contribution in [3.8, 4) is 11.1 Å². The van der Waals surface area contributed by atoms with Crippen molar-refractivity contribution in [3.05, 3.63) is 59.7 Å². The number of alkyl carbamates (subject to hydrolysis) is 1. The highest BCUT2D eigenvalue weighted by atomic mass is 16.5. The van der Waals surface area contributed by atoms with Gasteiger partial charge in [-0.25, -0.2) is 4.79 Å². The molecule has 3 N–H and O–H groups in total. The lowest BCUT2D eigenvalue weighted by Crippen LogP contribution is -2.38. The minimum Gasteiger partial charge on any atom is -0.481 e. The Kier molecular flexibility index (Phi) is 9.04. The van der Waals surface area contributed by atoms with Gasteiger partial charge in [0.05, 0.1) is 12.5 Å². The maximum Gasteiger partial charge on any atom is 0.407 e. The number of amides is 2. The molecule has 34 heavy (non-hydrogen) atoms. The largest absolute Gasteiger partial charge is 0.481 e. The number of carbonyl (C=O) groups is 3. The van der Waals surface area contributed by atoms with Crippen LogP contribution in [0.2, 0.25) is 0 Å². The number of nitrogens with one attached hydrogen (secondary N) is 2. The van der Waals surface area contributed by atoms with E-state index in [2.05, 4.69) is 34.9 Å². The van der Waals surface area contributed by atoms with E-state index in [-0.39, 0.29) is 43.9 Å². The number of aliphatic carboxylic acids is 1. The molecule has 0 saturated carbocycles. The zero-order valence-electron chi connectivity index (χ0n) is 19.6. The van der Waals surface area contributed by atoms with E-state index in [1.54, 1.807) is 0 Å². The number of methoxy groups -OCH3 is 1. The second-order valence-electron chi connectivity index (χ2n) is 8.37. The first-order chi connectivity index (χ1) is 16.4. The van der Waals surface area contributed by atoms with Crippen LogP contribution in [0.1, 0.15) is 49.7 Å². The fourth-order valence-corrected chi connectivity index (χ4v) is 4.24. The summed E-state index contributed by atoms with van der Waals surface area (Å²) in [5.74, 6) is -1.22. The van der Waals surface area contributed by atoms with Gasteiger partial charge in [0.1, 0.15) is 6.61 Å². The number of carboxylic acids is 1. The average molecular weight is 469 g/mol. The van der Waals surface area contributed by atoms with E-state index in [1.807, 2.05) is 31.2 Å². The molecule has 1 aliphatic rings. The normalized spacial score (nSPS) is 13.9. The molecule has 0 radical (unpaired) electrons. The first-order valence-electron chi connectivity index (χ1n) is 11.6. The number of fused-ring (bicyclic) bond motifs is 3. The molecule has 0 aliphatic heterocycles. The monoisotopic (exact) mass is 468 g/mol. The summed E-state index contributed by atoms with van der Waals surface area (Å²) in [6.45, 7) is 2.29. The third kappa shape index (κ3) is 6.57. The van der Waals surface area contributed by atoms with E-state index in [1.165, 1.54) is 18.2 Å². The van der Waals surface area contributed by atoms with Gasteiger partial charge in [-0.15, -0.1) is 0 Å². The number of hydrogen-bond acceptors (Lipinski definition) is 5. The molecule has 0 spiro atoms. The SMILES string of the molecule is CCC(CCC(=O)NCC(CC(=O)O)OC)NC(=O)OCC1c2ccccc2-c2ccccc21. The van der Waals surface area contributed by atoms with Crippen molar-refractivity contribution in [1.29, 1.82) is 0 Å². The topological polar surface area (TPSA) is 114 Å². The van der Waals surface area contributed by atoms with Gasteiger partial charge in [-0.05, 0) is 35.1 Å². The molecular formula is C26H32N2O6. The van der Waals surface area contributed by atoms with E-state index in [4.69, 9.17) is 14.6 Å². The highest BCUT2D eigenvalue weighted by Crippen LogP contribution is 2.44. The molecule has 182 valence electrons. The van der Waals surface area contributed by atoms with E-state index in [0.717, 1.165) is 11.1 Å². The second kappa shape index (κ2) is 12.2. The van der Waals surface area contributed by atoms with Gasteiger partial charge in [0.2, 0.25) is 5.91 Å². The van der Waals surface area contributed by atoms with E-state index in [0.29, 0.717) is 12.8 Å². The van der Waals surface area contributed by atoms with E-state index in [9.17, 15) is 14.4 Å². The second-order valence-corrected chi connectivity index (χ2v) is 8.37. The van der Waals surface area contributed by atoms with Crippen LogP contribution in [0, 0.1) is 0 Å². The van der Waals surface area contributed by atoms with Crippen molar-refractivity contribution in [2.45, 2.75) is 50.7 Å². The maximum atomic E-state index is 12.5. The summed E-state index contributed by atoms with van der Waals surface area (Å²) in [6, 6.07) is 16.1. The quantitative estimate of drug-likeness (QED) is 0.438. The Labute approximate surface area is 199 Å². The Morgan fingerprint density at radius 2 is 1.65 bits per heavy atom. The number of ether oxygens (including phenoxy) is 2. The van der Waals surface area contributed by atoms with Crippen LogP contribution in [0.4, 0.5) is 4.79 Å². The molecule has 2 amide bonds. The minimum atomic E-state index is -0.987. The van der Waals surface area contributed by atoms with Crippen molar-refractivity contribution < 1.29 is 29.0 Å². The van der Waals surface area contributed by atoms with Gasteiger partial charge < -0.3 is 25.2 Å². The lowest BCUT2D eigenvalue weighted by Gasteiger charge is -2.19. The Morgan fingerprint density at radius 3 is 2.21 bits per heavy atom. The number of carboxylic acid groups (broad SMARTS) is 1. The third-order valence-corrected chi connectivity index (χ3v) is 6.14. The summed E-state index contributed by atoms with van der Waals surface area (Å²) < 4.78 is 10.6. The van der Waals surface area contributed by atoms with Crippen LogP contribution in [-0.4, -0.2) is 55.5 Å². The highest BCUT2D eigenvalue weighted by Gasteiger charge is 2.29. The summed E-state index contributed by atoms with van der Waals surface area (Å²) in [4.78, 5) is 35.4. The van der Waals surface area contributed by atoms with Crippen molar-refractivity contribution in [2.75, 3.05) is 20.3 Å². The van der Waals surface area contributed by atoms with Gasteiger partial charge in [-0.1, -0.05) is 55.5 Å². The van der Waals surface area contributed by atoms with E-state index < -0.39 is 18.2 Å². The fraction of sp³-hybridized carbons (Fsp3) is 0.423. The van der Waals surface area contributed by atoms with Crippen molar-refractivity contribution in [3.63, 3.8) is 0 Å². The summed E-state index contributed by atoms with van der Waals surface area (Å²) in [6.07, 6.45) is 0.0290. The molecule has 2 aromatic rings. The van der Waals surface area contributed by atoms with Gasteiger partial charge in [0, 0.05) is 32.0 Å². The Balaban J connectivity index is 1.46. The third-order valence-electron chi connectivity index (χ3n) is 6.14. The van der Waals surface area contributed by atoms with Gasteiger partial charge >= 0.3 is 12.1 Å². The van der Waals surface area contributed by atoms with Crippen LogP contribution >= 0.6 is 0 Å². The average Bonchev–Trinajstić information content (AvgIpc) is 3.16. The van der Waals surface area contributed by atoms with E-state index >= 15 is 0 Å². The Bertz CT molecular complexity index is 963. The maximum absolute atomic E-state index is 12.5. The van der Waals surface area contributed by atoms with Crippen LogP contribution in [0.5, 0.6) is 0 Å². The van der Waals surface area contributed by atoms with Crippen LogP contribution < -0.4 is 10.6 Å². The summed E-state index contributed by atoms with van der Waals surface area (Å²) >= 11 is 0. The predicted octanol–water partition coefficient (Wildman–Crippen LogP) is 3.69. The van der Waals surface area contributed by atoms with Crippen LogP contribution in [0.3, 0.4) is 0 Å². The van der Waals surface area contributed by atoms with Crippen LogP contribution in [0.15, 0.2) is 48.5 Å². The molecular weight excluding hydrogens is 436 g/mol. The van der Waals surface area contributed by atoms with Crippen molar-refractivity contribution in [2.24, 2.45) is 0 Å². The summed E-state index contributed by atoms with van der Waals surface area (Å²) in [7, 11) is 1.41. The number of benzene rings is 2. The Morgan fingerprint density at radius 1 is 1.03 bits per heavy atom. The zero-order chi connectivity index (χ0) is 24.5. The fourth-order valence-electron chi connectivity index (χ4n) is 4.24. The Hall–Kier alpha value is -3.39. The first-order valence-corrected chi connectivity index (χ1v) is 11.6. The molecule has 0 bridgehead atoms. The smallest absolute Gasteiger partial charge is 0.407 e. The molecule has 0 fully saturated rings. The number of rotatable bonds is 12. The summed E-state index contributed by atoms with van der Waals surface area (Å²) in [5, 5.41) is 14.4. The molecule has 0 saturated heterocycles. The highest BCUT2D eigenvalue weighted by molar-refractivity contribution is 5.79. The molecule has 1 aliphatic carbocycles. The zero-order valence-corrected chi connectivity index (χ0v) is 19.6. The summed E-state index contributed by atoms with van der Waals surface area (Å²) in [5.41, 5.74) is 4.64. The number of carbonyl (C=O) groups excluding carboxylic acids is 2. The van der Waals surface area contributed by atoms with Gasteiger partial charge in [-0.3, -0.25) is 9.59 Å². The number of hydrogen-bond donors (Lipinski definition) is 3. The van der Waals surface area contributed by atoms with Crippen molar-refractivity contribution in [1.82, 2.24) is 10.6 Å². The molecule has 2 aromatic carbocycles. The van der Waals surface area contributed by atoms with Gasteiger partial charge in [-0.2, -0.15) is 0 Å². The molecule has 2 atom stereocenters. The first kappa shape index (κ1) is 25.2. The lowest BCUT2D eigenvalue weighted by atomic mass is 9.98. The van der Waals surface area contributed by atoms with Crippen LogP contribution in [-0.2, 0) is 19.1 Å². The molecule has 3 rings (SSSR count). The van der Waals surface area contributed by atoms with Gasteiger partial charge in [0.15, 0.2) is 0 Å². The molecule has 2 unspecified atom stereocenters. The molecule has 8 heteroatoms.